The van der Waals surface area contributed by atoms with E-state index in [-0.39, 0.29) is 18.5 Å². The van der Waals surface area contributed by atoms with Gasteiger partial charge in [0.25, 0.3) is 0 Å². The van der Waals surface area contributed by atoms with Gasteiger partial charge in [-0.3, -0.25) is 9.59 Å². The average molecular weight is 1100 g/mol. The minimum atomic E-state index is -0.850. The van der Waals surface area contributed by atoms with Crippen LogP contribution in [0.15, 0.2) is 36.5 Å². The second-order valence-electron chi connectivity index (χ2n) is 24.2. The molecule has 6 nitrogen and oxygen atoms in total. The molecule has 0 saturated heterocycles. The van der Waals surface area contributed by atoms with E-state index in [2.05, 4.69) is 43.5 Å². The predicted octanol–water partition coefficient (Wildman–Crippen LogP) is 22.7. The van der Waals surface area contributed by atoms with Gasteiger partial charge in [0, 0.05) is 12.8 Å². The number of carbonyl (C=O) groups excluding carboxylic acids is 2. The van der Waals surface area contributed by atoms with Gasteiger partial charge >= 0.3 is 5.97 Å². The van der Waals surface area contributed by atoms with Crippen LogP contribution < -0.4 is 5.32 Å². The highest BCUT2D eigenvalue weighted by Crippen LogP contribution is 2.18. The maximum atomic E-state index is 12.5. The van der Waals surface area contributed by atoms with E-state index < -0.39 is 12.1 Å². The van der Waals surface area contributed by atoms with Crippen LogP contribution in [0.4, 0.5) is 0 Å². The average Bonchev–Trinajstić information content (AvgIpc) is 3.44. The molecule has 2 atom stereocenters. The summed E-state index contributed by atoms with van der Waals surface area (Å²) < 4.78 is 5.50. The number of ether oxygens (including phenoxy) is 1. The lowest BCUT2D eigenvalue weighted by Gasteiger charge is -2.20. The van der Waals surface area contributed by atoms with E-state index in [4.69, 9.17) is 4.74 Å². The van der Waals surface area contributed by atoms with Gasteiger partial charge < -0.3 is 20.3 Å². The lowest BCUT2D eigenvalue weighted by Crippen LogP contribution is -2.45. The van der Waals surface area contributed by atoms with Gasteiger partial charge in [-0.15, -0.1) is 0 Å². The predicted molar refractivity (Wildman–Crippen MR) is 343 cm³/mol. The van der Waals surface area contributed by atoms with Crippen LogP contribution >= 0.6 is 0 Å². The Balaban J connectivity index is 3.45. The van der Waals surface area contributed by atoms with Crippen molar-refractivity contribution in [1.29, 1.82) is 0 Å². The molecule has 0 bridgehead atoms. The number of allylic oxidation sites excluding steroid dienone is 5. The van der Waals surface area contributed by atoms with Gasteiger partial charge in [0.15, 0.2) is 0 Å². The number of nitrogens with one attached hydrogen (secondary N) is 1. The molecule has 0 radical (unpaired) electrons. The summed E-state index contributed by atoms with van der Waals surface area (Å²) in [6, 6.07) is -0.634. The topological polar surface area (TPSA) is 95.9 Å². The van der Waals surface area contributed by atoms with Gasteiger partial charge in [0.05, 0.1) is 25.4 Å². The zero-order chi connectivity index (χ0) is 56.4. The molecule has 0 heterocycles. The number of amides is 1. The lowest BCUT2D eigenvalue weighted by atomic mass is 10.0. The minimum absolute atomic E-state index is 0.0125. The highest BCUT2D eigenvalue weighted by atomic mass is 16.5. The summed E-state index contributed by atoms with van der Waals surface area (Å²) in [5.74, 6) is -0.0584. The summed E-state index contributed by atoms with van der Waals surface area (Å²) in [4.78, 5) is 24.6. The van der Waals surface area contributed by atoms with E-state index in [9.17, 15) is 19.8 Å². The van der Waals surface area contributed by atoms with Crippen LogP contribution in [0.25, 0.3) is 0 Å². The molecular weight excluding hydrogens is 959 g/mol. The number of aliphatic hydroxyl groups excluding tert-OH is 2. The highest BCUT2D eigenvalue weighted by Gasteiger charge is 2.18. The van der Waals surface area contributed by atoms with Gasteiger partial charge in [-0.1, -0.05) is 346 Å². The van der Waals surface area contributed by atoms with Crippen LogP contribution in [0.2, 0.25) is 0 Å². The molecule has 0 aromatic carbocycles. The quantitative estimate of drug-likeness (QED) is 0.0320. The van der Waals surface area contributed by atoms with Crippen LogP contribution in [0, 0.1) is 0 Å². The van der Waals surface area contributed by atoms with Crippen molar-refractivity contribution in [3.8, 4) is 0 Å². The van der Waals surface area contributed by atoms with E-state index in [1.807, 2.05) is 6.08 Å². The van der Waals surface area contributed by atoms with E-state index in [0.717, 1.165) is 44.9 Å². The third-order valence-corrected chi connectivity index (χ3v) is 16.4. The van der Waals surface area contributed by atoms with Gasteiger partial charge in [0.2, 0.25) is 5.91 Å². The number of aliphatic hydroxyl groups is 2. The van der Waals surface area contributed by atoms with Crippen LogP contribution in [-0.2, 0) is 14.3 Å². The number of hydrogen-bond donors (Lipinski definition) is 3. The van der Waals surface area contributed by atoms with Crippen molar-refractivity contribution in [3.05, 3.63) is 36.5 Å². The first-order chi connectivity index (χ1) is 38.5. The fraction of sp³-hybridized carbons (Fsp3) is 0.889. The maximum Gasteiger partial charge on any atom is 0.305 e. The van der Waals surface area contributed by atoms with E-state index in [1.165, 1.54) is 315 Å². The SMILES string of the molecule is CCCCCCCCCCCCCCCCCCCC/C=C/C(O)C(CO)NC(=O)CCCCCCCCCCC/C=C\C/C=C\CCCCCCCCCCCOC(=O)CCCCCCCCCCCCCCCCCC. The normalized spacial score (nSPS) is 12.7. The Morgan fingerprint density at radius 1 is 0.359 bits per heavy atom. The first-order valence-electron chi connectivity index (χ1n) is 35.3. The molecule has 0 aromatic rings. The van der Waals surface area contributed by atoms with Crippen molar-refractivity contribution in [2.75, 3.05) is 13.2 Å². The Bertz CT molecular complexity index is 1260. The molecule has 0 aliphatic carbocycles. The Morgan fingerprint density at radius 3 is 0.974 bits per heavy atom. The monoisotopic (exact) mass is 1100 g/mol. The first kappa shape index (κ1) is 76.1. The number of carbonyl (C=O) groups is 2. The number of rotatable bonds is 66. The summed E-state index contributed by atoms with van der Waals surface area (Å²) in [7, 11) is 0. The van der Waals surface area contributed by atoms with E-state index in [1.54, 1.807) is 6.08 Å². The molecule has 0 spiro atoms. The first-order valence-corrected chi connectivity index (χ1v) is 35.3. The third-order valence-electron chi connectivity index (χ3n) is 16.4. The Labute approximate surface area is 487 Å². The number of esters is 1. The standard InChI is InChI=1S/C72H137NO5/c1-3-5-7-9-11-13-15-17-19-21-22-30-33-36-40-44-48-52-56-60-64-70(75)69(68-74)73-71(76)65-61-57-53-49-45-41-37-34-31-28-26-24-23-25-27-29-32-35-39-43-47-51-55-59-63-67-78-72(77)66-62-58-54-50-46-42-38-20-18-16-14-12-10-8-6-4-2/h24-27,60,64,69-70,74-75H,3-23,28-59,61-63,65-68H2,1-2H3,(H,73,76)/b26-24-,27-25-,64-60+. The molecule has 0 fully saturated rings. The van der Waals surface area contributed by atoms with Crippen LogP contribution in [0.3, 0.4) is 0 Å². The molecule has 0 aliphatic heterocycles. The zero-order valence-electron chi connectivity index (χ0n) is 52.7. The summed E-state index contributed by atoms with van der Waals surface area (Å²) in [6.45, 7) is 4.94. The molecule has 6 heteroatoms. The van der Waals surface area contributed by atoms with Crippen molar-refractivity contribution < 1.29 is 24.5 Å². The summed E-state index contributed by atoms with van der Waals surface area (Å²) in [5, 5.41) is 23.2. The van der Waals surface area contributed by atoms with Crippen LogP contribution in [-0.4, -0.2) is 47.4 Å². The molecule has 0 saturated carbocycles. The summed E-state index contributed by atoms with van der Waals surface area (Å²) >= 11 is 0. The Hall–Kier alpha value is -1.92. The molecule has 0 rings (SSSR count). The second kappa shape index (κ2) is 67.6. The van der Waals surface area contributed by atoms with E-state index >= 15 is 0 Å². The van der Waals surface area contributed by atoms with Gasteiger partial charge in [-0.2, -0.15) is 0 Å². The molecule has 0 aromatic heterocycles. The zero-order valence-corrected chi connectivity index (χ0v) is 52.7. The molecule has 78 heavy (non-hydrogen) atoms. The number of unbranched alkanes of at least 4 members (excludes halogenated alkanes) is 51. The molecule has 1 amide bonds. The second-order valence-corrected chi connectivity index (χ2v) is 24.2. The van der Waals surface area contributed by atoms with Gasteiger partial charge in [0.1, 0.15) is 0 Å². The lowest BCUT2D eigenvalue weighted by molar-refractivity contribution is -0.143. The molecule has 2 unspecified atom stereocenters. The van der Waals surface area contributed by atoms with Crippen molar-refractivity contribution in [2.24, 2.45) is 0 Å². The fourth-order valence-corrected chi connectivity index (χ4v) is 11.0. The Morgan fingerprint density at radius 2 is 0.641 bits per heavy atom. The van der Waals surface area contributed by atoms with Crippen LogP contribution in [0.1, 0.15) is 386 Å². The summed E-state index contributed by atoms with van der Waals surface area (Å²) in [6.07, 6.45) is 86.4. The van der Waals surface area contributed by atoms with Crippen molar-refractivity contribution >= 4 is 11.9 Å². The van der Waals surface area contributed by atoms with E-state index in [0.29, 0.717) is 19.4 Å². The van der Waals surface area contributed by atoms with Crippen molar-refractivity contribution in [1.82, 2.24) is 5.32 Å². The smallest absolute Gasteiger partial charge is 0.305 e. The largest absolute Gasteiger partial charge is 0.466 e. The summed E-state index contributed by atoms with van der Waals surface area (Å²) in [5.41, 5.74) is 0. The third kappa shape index (κ3) is 63.3. The maximum absolute atomic E-state index is 12.5. The molecular formula is C72H137NO5. The Kier molecular flexibility index (Phi) is 65.9. The van der Waals surface area contributed by atoms with Gasteiger partial charge in [-0.05, 0) is 64.2 Å². The molecule has 0 aliphatic rings. The van der Waals surface area contributed by atoms with Crippen molar-refractivity contribution in [3.63, 3.8) is 0 Å². The highest BCUT2D eigenvalue weighted by molar-refractivity contribution is 5.76. The number of hydrogen-bond acceptors (Lipinski definition) is 5. The molecule has 3 N–H and O–H groups in total. The molecule has 460 valence electrons. The fourth-order valence-electron chi connectivity index (χ4n) is 11.0. The van der Waals surface area contributed by atoms with Crippen LogP contribution in [0.5, 0.6) is 0 Å². The van der Waals surface area contributed by atoms with Gasteiger partial charge in [-0.25, -0.2) is 0 Å². The van der Waals surface area contributed by atoms with Crippen molar-refractivity contribution in [2.45, 2.75) is 398 Å². The minimum Gasteiger partial charge on any atom is -0.466 e.